The zero-order chi connectivity index (χ0) is 23.0. The van der Waals surface area contributed by atoms with Gasteiger partial charge in [-0.2, -0.15) is 0 Å². The van der Waals surface area contributed by atoms with E-state index in [9.17, 15) is 13.2 Å². The van der Waals surface area contributed by atoms with E-state index in [1.165, 1.54) is 16.4 Å². The van der Waals surface area contributed by atoms with Gasteiger partial charge in [0.15, 0.2) is 5.78 Å². The number of nitrogens with zero attached hydrogens (tertiary/aromatic N) is 2. The van der Waals surface area contributed by atoms with Gasteiger partial charge in [-0.25, -0.2) is 17.7 Å². The average molecular weight is 511 g/mol. The Morgan fingerprint density at radius 2 is 1.75 bits per heavy atom. The number of pyridine rings is 1. The highest BCUT2D eigenvalue weighted by molar-refractivity contribution is 7.92. The molecular formula is C22H18Cl3N3O3S. The van der Waals surface area contributed by atoms with Crippen molar-refractivity contribution in [1.29, 1.82) is 0 Å². The second-order valence-electron chi connectivity index (χ2n) is 7.44. The number of Topliss-reactive ketones (excluding diaryl/α,β-unsaturated/α-hetero) is 1. The second kappa shape index (κ2) is 9.00. The second-order valence-corrected chi connectivity index (χ2v) is 10.6. The third kappa shape index (κ3) is 4.49. The summed E-state index contributed by atoms with van der Waals surface area (Å²) in [7, 11) is -3.96. The van der Waals surface area contributed by atoms with Gasteiger partial charge in [0.05, 0.1) is 39.2 Å². The van der Waals surface area contributed by atoms with Crippen LogP contribution in [0.1, 0.15) is 21.6 Å². The summed E-state index contributed by atoms with van der Waals surface area (Å²) in [5.74, 6) is -0.0629. The van der Waals surface area contributed by atoms with E-state index in [-0.39, 0.29) is 45.1 Å². The van der Waals surface area contributed by atoms with Crippen molar-refractivity contribution in [3.05, 3.63) is 86.5 Å². The van der Waals surface area contributed by atoms with E-state index in [1.807, 2.05) is 0 Å². The quantitative estimate of drug-likeness (QED) is 0.508. The number of aromatic nitrogens is 1. The summed E-state index contributed by atoms with van der Waals surface area (Å²) in [4.78, 5) is 17.4. The molecule has 3 aromatic rings. The number of carbonyl (C=O) groups is 1. The van der Waals surface area contributed by atoms with Gasteiger partial charge in [-0.3, -0.25) is 4.79 Å². The third-order valence-corrected chi connectivity index (χ3v) is 7.72. The number of hydrogen-bond donors (Lipinski definition) is 1. The van der Waals surface area contributed by atoms with Crippen molar-refractivity contribution in [2.75, 3.05) is 10.8 Å². The summed E-state index contributed by atoms with van der Waals surface area (Å²) in [5, 5.41) is 0.796. The Morgan fingerprint density at radius 1 is 1.06 bits per heavy atom. The number of rotatable bonds is 5. The summed E-state index contributed by atoms with van der Waals surface area (Å²) in [6.45, 7) is 0.0581. The predicted octanol–water partition coefficient (Wildman–Crippen LogP) is 4.55. The molecule has 0 unspecified atom stereocenters. The van der Waals surface area contributed by atoms with E-state index in [4.69, 9.17) is 40.5 Å². The first-order valence-corrected chi connectivity index (χ1v) is 12.2. The smallest absolute Gasteiger partial charge is 0.265 e. The van der Waals surface area contributed by atoms with Crippen molar-refractivity contribution in [1.82, 2.24) is 4.98 Å². The largest absolute Gasteiger partial charge is 0.326 e. The molecule has 0 saturated heterocycles. The number of anilines is 1. The molecule has 0 radical (unpaired) electrons. The van der Waals surface area contributed by atoms with E-state index in [0.29, 0.717) is 22.7 Å². The van der Waals surface area contributed by atoms with Crippen LogP contribution in [0.2, 0.25) is 15.1 Å². The first-order chi connectivity index (χ1) is 15.2. The van der Waals surface area contributed by atoms with Crippen molar-refractivity contribution < 1.29 is 13.2 Å². The maximum absolute atomic E-state index is 13.4. The van der Waals surface area contributed by atoms with Gasteiger partial charge in [-0.05, 0) is 48.4 Å². The monoisotopic (exact) mass is 509 g/mol. The molecular weight excluding hydrogens is 493 g/mol. The Balaban J connectivity index is 1.72. The predicted molar refractivity (Wildman–Crippen MR) is 126 cm³/mol. The topological polar surface area (TPSA) is 93.4 Å². The Labute approximate surface area is 201 Å². The fourth-order valence-electron chi connectivity index (χ4n) is 3.62. The maximum Gasteiger partial charge on any atom is 0.265 e. The minimum Gasteiger partial charge on any atom is -0.326 e. The van der Waals surface area contributed by atoms with Crippen LogP contribution in [0.25, 0.3) is 0 Å². The van der Waals surface area contributed by atoms with Crippen LogP contribution < -0.4 is 10.0 Å². The molecule has 0 amide bonds. The zero-order valence-electron chi connectivity index (χ0n) is 16.6. The van der Waals surface area contributed by atoms with Gasteiger partial charge < -0.3 is 5.73 Å². The molecule has 1 aliphatic rings. The fourth-order valence-corrected chi connectivity index (χ4v) is 6.04. The lowest BCUT2D eigenvalue weighted by atomic mass is 10.0. The van der Waals surface area contributed by atoms with E-state index in [2.05, 4.69) is 4.98 Å². The molecule has 2 aromatic carbocycles. The molecule has 32 heavy (non-hydrogen) atoms. The van der Waals surface area contributed by atoms with Gasteiger partial charge in [-0.15, -0.1) is 0 Å². The van der Waals surface area contributed by atoms with Crippen LogP contribution in [0.4, 0.5) is 5.82 Å². The Bertz CT molecular complexity index is 1290. The number of ketones is 1. The highest BCUT2D eigenvalue weighted by Crippen LogP contribution is 2.32. The first kappa shape index (κ1) is 23.0. The van der Waals surface area contributed by atoms with Gasteiger partial charge in [-0.1, -0.05) is 53.0 Å². The van der Waals surface area contributed by atoms with Crippen LogP contribution in [0, 0.1) is 0 Å². The van der Waals surface area contributed by atoms with E-state index < -0.39 is 16.1 Å². The normalized spacial score (nSPS) is 16.0. The minimum atomic E-state index is -3.96. The molecule has 1 aliphatic heterocycles. The van der Waals surface area contributed by atoms with E-state index in [0.717, 1.165) is 0 Å². The molecule has 1 atom stereocenters. The van der Waals surface area contributed by atoms with Crippen molar-refractivity contribution in [3.8, 4) is 0 Å². The van der Waals surface area contributed by atoms with Crippen molar-refractivity contribution in [3.63, 3.8) is 0 Å². The Kier molecular flexibility index (Phi) is 6.47. The number of nitrogens with two attached hydrogens (primary N) is 1. The van der Waals surface area contributed by atoms with Crippen LogP contribution in [0.5, 0.6) is 0 Å². The molecule has 0 aliphatic carbocycles. The number of fused-ring (bicyclic) bond motifs is 1. The molecule has 4 rings (SSSR count). The van der Waals surface area contributed by atoms with Crippen LogP contribution >= 0.6 is 34.8 Å². The van der Waals surface area contributed by atoms with Gasteiger partial charge in [0, 0.05) is 11.1 Å². The van der Waals surface area contributed by atoms with Crippen LogP contribution in [-0.2, 0) is 22.9 Å². The lowest BCUT2D eigenvalue weighted by molar-refractivity contribution is 0.0992. The Morgan fingerprint density at radius 3 is 2.44 bits per heavy atom. The van der Waals surface area contributed by atoms with Crippen molar-refractivity contribution in [2.45, 2.75) is 23.8 Å². The summed E-state index contributed by atoms with van der Waals surface area (Å²) in [6, 6.07) is 13.9. The number of carbonyl (C=O) groups excluding carboxylic acids is 1. The van der Waals surface area contributed by atoms with Crippen molar-refractivity contribution >= 4 is 56.4 Å². The van der Waals surface area contributed by atoms with E-state index in [1.54, 1.807) is 42.5 Å². The summed E-state index contributed by atoms with van der Waals surface area (Å²) < 4.78 is 27.9. The van der Waals surface area contributed by atoms with Crippen molar-refractivity contribution in [2.24, 2.45) is 5.73 Å². The molecule has 166 valence electrons. The lowest BCUT2D eigenvalue weighted by Gasteiger charge is -2.33. The van der Waals surface area contributed by atoms with Crippen LogP contribution in [0.15, 0.2) is 59.5 Å². The number of sulfonamides is 1. The van der Waals surface area contributed by atoms with Crippen LogP contribution in [0.3, 0.4) is 0 Å². The number of halogens is 3. The van der Waals surface area contributed by atoms with Gasteiger partial charge in [0.2, 0.25) is 0 Å². The molecule has 10 heteroatoms. The molecule has 6 nitrogen and oxygen atoms in total. The molecule has 0 fully saturated rings. The van der Waals surface area contributed by atoms with E-state index >= 15 is 0 Å². The van der Waals surface area contributed by atoms with Gasteiger partial charge >= 0.3 is 0 Å². The average Bonchev–Trinajstić information content (AvgIpc) is 2.73. The lowest BCUT2D eigenvalue weighted by Crippen LogP contribution is -2.46. The van der Waals surface area contributed by atoms with Crippen LogP contribution in [-0.4, -0.2) is 31.8 Å². The maximum atomic E-state index is 13.4. The first-order valence-electron chi connectivity index (χ1n) is 9.66. The molecule has 1 aromatic heterocycles. The fraction of sp³-hybridized carbons (Fsp3) is 0.182. The molecule has 2 N–H and O–H groups in total. The Hall–Kier alpha value is -2.16. The number of hydrogen-bond acceptors (Lipinski definition) is 5. The van der Waals surface area contributed by atoms with Gasteiger partial charge in [0.25, 0.3) is 10.0 Å². The third-order valence-electron chi connectivity index (χ3n) is 5.10. The molecule has 2 heterocycles. The standard InChI is InChI=1S/C22H18Cl3N3O3S/c23-14-3-1-4-17(10-14)32(30,31)28-12-15(26)9-13-7-8-16(27-22(13)28)11-20(29)21-18(24)5-2-6-19(21)25/h1-8,10,15H,9,11-12,26H2/t15-/m1/s1. The molecule has 0 saturated carbocycles. The SMILES string of the molecule is N[C@@H]1Cc2ccc(CC(=O)c3c(Cl)cccc3Cl)nc2N(S(=O)(=O)c2cccc(Cl)c2)C1. The zero-order valence-corrected chi connectivity index (χ0v) is 19.7. The molecule has 0 bridgehead atoms. The summed E-state index contributed by atoms with van der Waals surface area (Å²) >= 11 is 18.3. The summed E-state index contributed by atoms with van der Waals surface area (Å²) in [5.41, 5.74) is 7.42. The minimum absolute atomic E-state index is 0.0381. The highest BCUT2D eigenvalue weighted by atomic mass is 35.5. The van der Waals surface area contributed by atoms with Gasteiger partial charge in [0.1, 0.15) is 5.82 Å². The summed E-state index contributed by atoms with van der Waals surface area (Å²) in [6.07, 6.45) is 0.377. The highest BCUT2D eigenvalue weighted by Gasteiger charge is 2.34. The molecule has 0 spiro atoms. The number of benzene rings is 2.